The van der Waals surface area contributed by atoms with Crippen molar-refractivity contribution in [2.24, 2.45) is 5.41 Å². The van der Waals surface area contributed by atoms with E-state index in [1.165, 1.54) is 36.0 Å². The molecule has 0 fully saturated rings. The summed E-state index contributed by atoms with van der Waals surface area (Å²) in [5.41, 5.74) is 4.73. The van der Waals surface area contributed by atoms with E-state index in [1.54, 1.807) is 7.11 Å². The third kappa shape index (κ3) is 2.01. The zero-order chi connectivity index (χ0) is 11.1. The lowest BCUT2D eigenvalue weighted by atomic mass is 9.74. The Bertz CT molecular complexity index is 377. The van der Waals surface area contributed by atoms with E-state index >= 15 is 0 Å². The molecule has 1 aliphatic carbocycles. The van der Waals surface area contributed by atoms with Crippen LogP contribution in [0.25, 0.3) is 0 Å². The van der Waals surface area contributed by atoms with E-state index in [1.807, 2.05) is 0 Å². The summed E-state index contributed by atoms with van der Waals surface area (Å²) >= 11 is 0. The van der Waals surface area contributed by atoms with Crippen molar-refractivity contribution in [1.82, 2.24) is 0 Å². The van der Waals surface area contributed by atoms with E-state index in [9.17, 15) is 0 Å². The van der Waals surface area contributed by atoms with Gasteiger partial charge in [-0.3, -0.25) is 0 Å². The lowest BCUT2D eigenvalue weighted by molar-refractivity contribution is 0.314. The van der Waals surface area contributed by atoms with Crippen LogP contribution in [0.2, 0.25) is 0 Å². The molecular formula is C14H20O. The lowest BCUT2D eigenvalue weighted by Crippen LogP contribution is -2.22. The summed E-state index contributed by atoms with van der Waals surface area (Å²) < 4.78 is 5.36. The second-order valence-electron chi connectivity index (χ2n) is 5.43. The van der Waals surface area contributed by atoms with Gasteiger partial charge in [-0.25, -0.2) is 0 Å². The molecule has 0 radical (unpaired) electrons. The van der Waals surface area contributed by atoms with Crippen LogP contribution in [-0.2, 0) is 12.8 Å². The van der Waals surface area contributed by atoms with Gasteiger partial charge in [0.1, 0.15) is 5.75 Å². The van der Waals surface area contributed by atoms with E-state index in [0.717, 1.165) is 5.75 Å². The zero-order valence-electron chi connectivity index (χ0n) is 10.2. The maximum absolute atomic E-state index is 5.36. The first-order chi connectivity index (χ1) is 7.02. The summed E-state index contributed by atoms with van der Waals surface area (Å²) in [6.07, 6.45) is 3.68. The highest BCUT2D eigenvalue weighted by Crippen LogP contribution is 2.37. The van der Waals surface area contributed by atoms with Gasteiger partial charge in [-0.1, -0.05) is 19.9 Å². The Morgan fingerprint density at radius 2 is 1.93 bits per heavy atom. The molecule has 1 aliphatic rings. The second kappa shape index (κ2) is 3.55. The summed E-state index contributed by atoms with van der Waals surface area (Å²) in [5.74, 6) is 1.04. The SMILES string of the molecule is COc1cc2c(cc1C)CC(C)(C)CC2. The van der Waals surface area contributed by atoms with Crippen LogP contribution in [0.1, 0.15) is 37.0 Å². The molecule has 1 aromatic rings. The summed E-state index contributed by atoms with van der Waals surface area (Å²) in [6.45, 7) is 6.84. The van der Waals surface area contributed by atoms with Crippen molar-refractivity contribution in [1.29, 1.82) is 0 Å². The molecule has 0 atom stereocenters. The van der Waals surface area contributed by atoms with Gasteiger partial charge in [0, 0.05) is 0 Å². The molecule has 0 bridgehead atoms. The van der Waals surface area contributed by atoms with Crippen molar-refractivity contribution in [3.05, 3.63) is 28.8 Å². The molecule has 1 nitrogen and oxygen atoms in total. The molecule has 0 aliphatic heterocycles. The Hall–Kier alpha value is -0.980. The molecule has 15 heavy (non-hydrogen) atoms. The fourth-order valence-electron chi connectivity index (χ4n) is 2.48. The molecule has 1 aromatic carbocycles. The van der Waals surface area contributed by atoms with Crippen molar-refractivity contribution in [2.45, 2.75) is 40.0 Å². The number of hydrogen-bond acceptors (Lipinski definition) is 1. The molecule has 0 N–H and O–H groups in total. The molecular weight excluding hydrogens is 184 g/mol. The predicted molar refractivity (Wildman–Crippen MR) is 63.5 cm³/mol. The predicted octanol–water partition coefficient (Wildman–Crippen LogP) is 3.52. The highest BCUT2D eigenvalue weighted by molar-refractivity contribution is 5.43. The average molecular weight is 204 g/mol. The molecule has 0 saturated heterocycles. The number of hydrogen-bond donors (Lipinski definition) is 0. The third-order valence-electron chi connectivity index (χ3n) is 3.46. The number of fused-ring (bicyclic) bond motifs is 1. The standard InChI is InChI=1S/C14H20O/c1-10-7-12-9-14(2,3)6-5-11(12)8-13(10)15-4/h7-8H,5-6,9H2,1-4H3. The van der Waals surface area contributed by atoms with Gasteiger partial charge >= 0.3 is 0 Å². The first kappa shape index (κ1) is 10.5. The van der Waals surface area contributed by atoms with Gasteiger partial charge in [0.25, 0.3) is 0 Å². The maximum atomic E-state index is 5.36. The minimum atomic E-state index is 0.466. The number of methoxy groups -OCH3 is 1. The van der Waals surface area contributed by atoms with Crippen LogP contribution in [0.15, 0.2) is 12.1 Å². The van der Waals surface area contributed by atoms with E-state index in [2.05, 4.69) is 32.9 Å². The van der Waals surface area contributed by atoms with Crippen LogP contribution in [-0.4, -0.2) is 7.11 Å². The molecule has 0 saturated carbocycles. The van der Waals surface area contributed by atoms with Gasteiger partial charge in [0.2, 0.25) is 0 Å². The third-order valence-corrected chi connectivity index (χ3v) is 3.46. The van der Waals surface area contributed by atoms with Crippen molar-refractivity contribution < 1.29 is 4.74 Å². The Labute approximate surface area is 92.5 Å². The van der Waals surface area contributed by atoms with Crippen molar-refractivity contribution in [3.8, 4) is 5.75 Å². The number of ether oxygens (including phenoxy) is 1. The van der Waals surface area contributed by atoms with Gasteiger partial charge in [0.05, 0.1) is 7.11 Å². The van der Waals surface area contributed by atoms with E-state index < -0.39 is 0 Å². The normalized spacial score (nSPS) is 18.4. The maximum Gasteiger partial charge on any atom is 0.122 e. The van der Waals surface area contributed by atoms with Gasteiger partial charge in [-0.2, -0.15) is 0 Å². The Balaban J connectivity index is 2.41. The molecule has 0 unspecified atom stereocenters. The van der Waals surface area contributed by atoms with Crippen LogP contribution in [0.5, 0.6) is 5.75 Å². The Morgan fingerprint density at radius 1 is 1.20 bits per heavy atom. The van der Waals surface area contributed by atoms with E-state index in [0.29, 0.717) is 5.41 Å². The van der Waals surface area contributed by atoms with Crippen LogP contribution >= 0.6 is 0 Å². The van der Waals surface area contributed by atoms with E-state index in [-0.39, 0.29) is 0 Å². The second-order valence-corrected chi connectivity index (χ2v) is 5.43. The summed E-state index contributed by atoms with van der Waals surface area (Å²) in [5, 5.41) is 0. The first-order valence-corrected chi connectivity index (χ1v) is 5.68. The van der Waals surface area contributed by atoms with Gasteiger partial charge in [-0.15, -0.1) is 0 Å². The van der Waals surface area contributed by atoms with Crippen LogP contribution in [0.4, 0.5) is 0 Å². The quantitative estimate of drug-likeness (QED) is 0.680. The summed E-state index contributed by atoms with van der Waals surface area (Å²) in [6, 6.07) is 4.52. The number of aryl methyl sites for hydroxylation is 2. The van der Waals surface area contributed by atoms with Crippen molar-refractivity contribution in [2.75, 3.05) is 7.11 Å². The first-order valence-electron chi connectivity index (χ1n) is 5.68. The minimum Gasteiger partial charge on any atom is -0.496 e. The number of benzene rings is 1. The smallest absolute Gasteiger partial charge is 0.122 e. The van der Waals surface area contributed by atoms with E-state index in [4.69, 9.17) is 4.74 Å². The van der Waals surface area contributed by atoms with Gasteiger partial charge in [0.15, 0.2) is 0 Å². The summed E-state index contributed by atoms with van der Waals surface area (Å²) in [7, 11) is 1.75. The van der Waals surface area contributed by atoms with Gasteiger partial charge in [-0.05, 0) is 54.4 Å². The monoisotopic (exact) mass is 204 g/mol. The van der Waals surface area contributed by atoms with Crippen LogP contribution < -0.4 is 4.74 Å². The highest BCUT2D eigenvalue weighted by atomic mass is 16.5. The zero-order valence-corrected chi connectivity index (χ0v) is 10.2. The fraction of sp³-hybridized carbons (Fsp3) is 0.571. The topological polar surface area (TPSA) is 9.23 Å². The lowest BCUT2D eigenvalue weighted by Gasteiger charge is -2.31. The van der Waals surface area contributed by atoms with Gasteiger partial charge < -0.3 is 4.74 Å². The fourth-order valence-corrected chi connectivity index (χ4v) is 2.48. The van der Waals surface area contributed by atoms with Crippen molar-refractivity contribution in [3.63, 3.8) is 0 Å². The Kier molecular flexibility index (Phi) is 2.49. The molecule has 0 amide bonds. The molecule has 82 valence electrons. The minimum absolute atomic E-state index is 0.466. The molecule has 0 aromatic heterocycles. The molecule has 1 heteroatoms. The van der Waals surface area contributed by atoms with Crippen molar-refractivity contribution >= 4 is 0 Å². The molecule has 0 heterocycles. The van der Waals surface area contributed by atoms with Crippen LogP contribution in [0, 0.1) is 12.3 Å². The molecule has 2 rings (SSSR count). The average Bonchev–Trinajstić information content (AvgIpc) is 2.15. The van der Waals surface area contributed by atoms with Crippen LogP contribution in [0.3, 0.4) is 0 Å². The highest BCUT2D eigenvalue weighted by Gasteiger charge is 2.25. The number of rotatable bonds is 1. The summed E-state index contributed by atoms with van der Waals surface area (Å²) in [4.78, 5) is 0. The largest absolute Gasteiger partial charge is 0.496 e. The Morgan fingerprint density at radius 3 is 2.60 bits per heavy atom. The molecule has 0 spiro atoms.